The molecule has 0 amide bonds. The minimum Gasteiger partial charge on any atom is -0.492 e. The minimum absolute atomic E-state index is 0.608. The molecule has 0 bridgehead atoms. The SMILES string of the molecule is CN(C)CCOc1ccc(B(O)OC(C)(C)C(C)(C)O)cc1. The summed E-state index contributed by atoms with van der Waals surface area (Å²) in [5, 5.41) is 20.2. The van der Waals surface area contributed by atoms with Gasteiger partial charge in [0.25, 0.3) is 0 Å². The monoisotopic (exact) mass is 309 g/mol. The van der Waals surface area contributed by atoms with Crippen molar-refractivity contribution in [2.75, 3.05) is 27.2 Å². The molecule has 0 fully saturated rings. The van der Waals surface area contributed by atoms with Crippen LogP contribution < -0.4 is 10.2 Å². The van der Waals surface area contributed by atoms with Crippen molar-refractivity contribution in [2.24, 2.45) is 0 Å². The second-order valence-corrected chi connectivity index (χ2v) is 6.76. The van der Waals surface area contributed by atoms with Gasteiger partial charge in [-0.15, -0.1) is 0 Å². The van der Waals surface area contributed by atoms with Gasteiger partial charge in [-0.1, -0.05) is 12.1 Å². The van der Waals surface area contributed by atoms with Crippen LogP contribution in [0, 0.1) is 0 Å². The molecule has 1 aromatic carbocycles. The molecular weight excluding hydrogens is 281 g/mol. The Kier molecular flexibility index (Phi) is 6.44. The van der Waals surface area contributed by atoms with Gasteiger partial charge in [-0.2, -0.15) is 0 Å². The van der Waals surface area contributed by atoms with Gasteiger partial charge < -0.3 is 24.4 Å². The first kappa shape index (κ1) is 19.0. The second-order valence-electron chi connectivity index (χ2n) is 6.76. The summed E-state index contributed by atoms with van der Waals surface area (Å²) in [7, 11) is 2.88. The van der Waals surface area contributed by atoms with Gasteiger partial charge in [0.2, 0.25) is 0 Å². The molecule has 1 rings (SSSR count). The molecule has 22 heavy (non-hydrogen) atoms. The topological polar surface area (TPSA) is 62.2 Å². The summed E-state index contributed by atoms with van der Waals surface area (Å²) < 4.78 is 11.2. The summed E-state index contributed by atoms with van der Waals surface area (Å²) in [4.78, 5) is 2.05. The summed E-state index contributed by atoms with van der Waals surface area (Å²) in [5.41, 5.74) is -1.33. The van der Waals surface area contributed by atoms with Crippen LogP contribution in [0.3, 0.4) is 0 Å². The van der Waals surface area contributed by atoms with Crippen molar-refractivity contribution in [1.82, 2.24) is 4.90 Å². The van der Waals surface area contributed by atoms with E-state index in [1.807, 2.05) is 19.0 Å². The highest BCUT2D eigenvalue weighted by Gasteiger charge is 2.39. The van der Waals surface area contributed by atoms with E-state index in [4.69, 9.17) is 9.39 Å². The van der Waals surface area contributed by atoms with E-state index in [1.165, 1.54) is 0 Å². The Morgan fingerprint density at radius 1 is 1.09 bits per heavy atom. The first-order chi connectivity index (χ1) is 10.0. The van der Waals surface area contributed by atoms with Crippen molar-refractivity contribution < 1.29 is 19.5 Å². The molecule has 0 heterocycles. The van der Waals surface area contributed by atoms with Gasteiger partial charge in [0.1, 0.15) is 12.4 Å². The largest absolute Gasteiger partial charge is 0.492 e. The highest BCUT2D eigenvalue weighted by atomic mass is 16.5. The molecule has 124 valence electrons. The van der Waals surface area contributed by atoms with Crippen LogP contribution in [-0.4, -0.2) is 60.6 Å². The maximum absolute atomic E-state index is 10.2. The smallest absolute Gasteiger partial charge is 0.491 e. The fourth-order valence-corrected chi connectivity index (χ4v) is 1.57. The Morgan fingerprint density at radius 3 is 2.09 bits per heavy atom. The lowest BCUT2D eigenvalue weighted by Gasteiger charge is -2.38. The summed E-state index contributed by atoms with van der Waals surface area (Å²) in [6.45, 7) is 8.25. The molecule has 5 nitrogen and oxygen atoms in total. The lowest BCUT2D eigenvalue weighted by atomic mass is 9.76. The van der Waals surface area contributed by atoms with Crippen LogP contribution in [0.5, 0.6) is 5.75 Å². The molecule has 0 saturated carbocycles. The Bertz CT molecular complexity index is 454. The fraction of sp³-hybridized carbons (Fsp3) is 0.625. The van der Waals surface area contributed by atoms with Gasteiger partial charge in [0.05, 0.1) is 11.2 Å². The van der Waals surface area contributed by atoms with E-state index in [0.717, 1.165) is 12.3 Å². The molecule has 0 unspecified atom stereocenters. The second kappa shape index (κ2) is 7.46. The number of ether oxygens (including phenoxy) is 1. The van der Waals surface area contributed by atoms with E-state index < -0.39 is 18.3 Å². The minimum atomic E-state index is -1.10. The van der Waals surface area contributed by atoms with Crippen LogP contribution >= 0.6 is 0 Å². The average Bonchev–Trinajstić information content (AvgIpc) is 2.37. The standard InChI is InChI=1S/C16H28BNO4/c1-15(2,19)16(3,4)22-17(20)13-7-9-14(10-8-13)21-12-11-18(5)6/h7-10,19-20H,11-12H2,1-6H3. The zero-order valence-corrected chi connectivity index (χ0v) is 14.5. The zero-order valence-electron chi connectivity index (χ0n) is 14.5. The predicted molar refractivity (Wildman–Crippen MR) is 89.6 cm³/mol. The van der Waals surface area contributed by atoms with Gasteiger partial charge in [0.15, 0.2) is 0 Å². The Hall–Kier alpha value is -1.08. The van der Waals surface area contributed by atoms with Gasteiger partial charge in [-0.25, -0.2) is 0 Å². The molecule has 0 aliphatic carbocycles. The molecule has 0 aliphatic heterocycles. The number of nitrogens with zero attached hydrogens (tertiary/aromatic N) is 1. The van der Waals surface area contributed by atoms with Gasteiger partial charge >= 0.3 is 7.12 Å². The molecular formula is C16H28BNO4. The summed E-state index contributed by atoms with van der Waals surface area (Å²) in [6.07, 6.45) is 0. The molecule has 0 atom stereocenters. The van der Waals surface area contributed by atoms with E-state index in [1.54, 1.807) is 52.0 Å². The Balaban J connectivity index is 2.62. The van der Waals surface area contributed by atoms with E-state index in [9.17, 15) is 10.1 Å². The van der Waals surface area contributed by atoms with E-state index in [-0.39, 0.29) is 0 Å². The Morgan fingerprint density at radius 2 is 1.64 bits per heavy atom. The van der Waals surface area contributed by atoms with Crippen molar-refractivity contribution in [3.8, 4) is 5.75 Å². The molecule has 1 aromatic rings. The van der Waals surface area contributed by atoms with Crippen molar-refractivity contribution in [3.63, 3.8) is 0 Å². The first-order valence-corrected chi connectivity index (χ1v) is 7.49. The summed E-state index contributed by atoms with van der Waals surface area (Å²) in [6, 6.07) is 7.12. The highest BCUT2D eigenvalue weighted by Crippen LogP contribution is 2.25. The van der Waals surface area contributed by atoms with E-state index in [0.29, 0.717) is 12.1 Å². The normalized spacial score (nSPS) is 12.6. The summed E-state index contributed by atoms with van der Waals surface area (Å²) >= 11 is 0. The van der Waals surface area contributed by atoms with Crippen molar-refractivity contribution in [3.05, 3.63) is 24.3 Å². The van der Waals surface area contributed by atoms with Gasteiger partial charge in [-0.05, 0) is 59.4 Å². The van der Waals surface area contributed by atoms with Gasteiger partial charge in [0, 0.05) is 6.54 Å². The molecule has 0 aliphatic rings. The van der Waals surface area contributed by atoms with Crippen molar-refractivity contribution in [2.45, 2.75) is 38.9 Å². The van der Waals surface area contributed by atoms with Crippen LogP contribution in [0.25, 0.3) is 0 Å². The van der Waals surface area contributed by atoms with Crippen molar-refractivity contribution >= 4 is 12.6 Å². The number of likely N-dealkylation sites (N-methyl/N-ethyl adjacent to an activating group) is 1. The van der Waals surface area contributed by atoms with Gasteiger partial charge in [-0.3, -0.25) is 0 Å². The van der Waals surface area contributed by atoms with E-state index in [2.05, 4.69) is 0 Å². The quantitative estimate of drug-likeness (QED) is 0.698. The molecule has 0 aromatic heterocycles. The number of aliphatic hydroxyl groups is 1. The molecule has 6 heteroatoms. The maximum Gasteiger partial charge on any atom is 0.491 e. The molecule has 0 saturated heterocycles. The first-order valence-electron chi connectivity index (χ1n) is 7.49. The number of hydrogen-bond acceptors (Lipinski definition) is 5. The Labute approximate surface area is 134 Å². The fourth-order valence-electron chi connectivity index (χ4n) is 1.57. The molecule has 0 radical (unpaired) electrons. The number of benzene rings is 1. The summed E-state index contributed by atoms with van der Waals surface area (Å²) in [5.74, 6) is 0.750. The third-order valence-electron chi connectivity index (χ3n) is 3.85. The zero-order chi connectivity index (χ0) is 17.0. The van der Waals surface area contributed by atoms with Crippen LogP contribution in [0.2, 0.25) is 0 Å². The van der Waals surface area contributed by atoms with Crippen LogP contribution in [-0.2, 0) is 4.65 Å². The molecule has 0 spiro atoms. The third-order valence-corrected chi connectivity index (χ3v) is 3.85. The number of hydrogen-bond donors (Lipinski definition) is 2. The van der Waals surface area contributed by atoms with Crippen molar-refractivity contribution in [1.29, 1.82) is 0 Å². The lowest BCUT2D eigenvalue weighted by Crippen LogP contribution is -2.53. The molecule has 2 N–H and O–H groups in total. The average molecular weight is 309 g/mol. The van der Waals surface area contributed by atoms with Crippen LogP contribution in [0.15, 0.2) is 24.3 Å². The van der Waals surface area contributed by atoms with Crippen LogP contribution in [0.1, 0.15) is 27.7 Å². The predicted octanol–water partition coefficient (Wildman–Crippen LogP) is 0.881. The number of rotatable bonds is 8. The van der Waals surface area contributed by atoms with Crippen LogP contribution in [0.4, 0.5) is 0 Å². The lowest BCUT2D eigenvalue weighted by molar-refractivity contribution is -0.0982. The van der Waals surface area contributed by atoms with E-state index >= 15 is 0 Å². The third kappa shape index (κ3) is 5.61. The highest BCUT2D eigenvalue weighted by molar-refractivity contribution is 6.60. The maximum atomic E-state index is 10.2.